The number of guanidine groups is 1. The van der Waals surface area contributed by atoms with E-state index in [-0.39, 0.29) is 24.2 Å². The molecule has 2 amide bonds. The molecule has 1 unspecified atom stereocenters. The van der Waals surface area contributed by atoms with E-state index in [0.717, 1.165) is 16.8 Å². The fraction of sp³-hybridized carbons (Fsp3) is 0.211. The molecule has 0 fully saturated rings. The van der Waals surface area contributed by atoms with Crippen LogP contribution in [0.15, 0.2) is 47.5 Å². The number of hydrazine groups is 1. The van der Waals surface area contributed by atoms with Gasteiger partial charge in [0.15, 0.2) is 0 Å². The monoisotopic (exact) mass is 349 g/mol. The molecule has 1 atom stereocenters. The van der Waals surface area contributed by atoms with Gasteiger partial charge >= 0.3 is 0 Å². The second-order valence-corrected chi connectivity index (χ2v) is 6.62. The number of aliphatic imine (C=N–C) groups is 1. The first kappa shape index (κ1) is 16.3. The van der Waals surface area contributed by atoms with Crippen LogP contribution >= 0.6 is 0 Å². The summed E-state index contributed by atoms with van der Waals surface area (Å²) in [5.74, 6) is 5.75. The minimum absolute atomic E-state index is 0.00229. The normalized spacial score (nSPS) is 18.3. The Kier molecular flexibility index (Phi) is 3.73. The summed E-state index contributed by atoms with van der Waals surface area (Å²) < 4.78 is 0. The number of hydrogen-bond donors (Lipinski definition) is 2. The minimum Gasteiger partial charge on any atom is -0.324 e. The van der Waals surface area contributed by atoms with Gasteiger partial charge in [-0.2, -0.15) is 4.99 Å². The molecule has 0 spiro atoms. The summed E-state index contributed by atoms with van der Waals surface area (Å²) in [5, 5.41) is 4.28. The van der Waals surface area contributed by atoms with Gasteiger partial charge in [-0.15, -0.1) is 0 Å². The lowest BCUT2D eigenvalue weighted by molar-refractivity contribution is -0.123. The largest absolute Gasteiger partial charge is 0.324 e. The van der Waals surface area contributed by atoms with E-state index in [0.29, 0.717) is 11.4 Å². The maximum absolute atomic E-state index is 13.0. The van der Waals surface area contributed by atoms with Gasteiger partial charge in [0.1, 0.15) is 6.04 Å². The summed E-state index contributed by atoms with van der Waals surface area (Å²) >= 11 is 0. The number of amides is 2. The predicted octanol–water partition coefficient (Wildman–Crippen LogP) is 2.10. The molecule has 0 aliphatic carbocycles. The number of hydrogen-bond acceptors (Lipinski definition) is 5. The van der Waals surface area contributed by atoms with Crippen LogP contribution in [0.5, 0.6) is 0 Å². The number of nitrogens with zero attached hydrogens (tertiary/aromatic N) is 3. The lowest BCUT2D eigenvalue weighted by Crippen LogP contribution is -2.55. The van der Waals surface area contributed by atoms with Gasteiger partial charge in [-0.25, -0.2) is 10.9 Å². The summed E-state index contributed by atoms with van der Waals surface area (Å²) in [5.41, 5.74) is 4.30. The first-order valence-corrected chi connectivity index (χ1v) is 8.38. The smallest absolute Gasteiger partial charge is 0.251 e. The first-order chi connectivity index (χ1) is 12.4. The molecule has 2 heterocycles. The number of rotatable bonds is 2. The Morgan fingerprint density at radius 3 is 2.50 bits per heavy atom. The Labute approximate surface area is 151 Å². The average molecular weight is 349 g/mol. The van der Waals surface area contributed by atoms with E-state index >= 15 is 0 Å². The average Bonchev–Trinajstić information content (AvgIpc) is 2.86. The molecule has 2 aliphatic rings. The molecule has 2 aromatic rings. The molecule has 0 bridgehead atoms. The number of benzene rings is 2. The van der Waals surface area contributed by atoms with Gasteiger partial charge in [0, 0.05) is 5.69 Å². The molecule has 7 heteroatoms. The zero-order valence-corrected chi connectivity index (χ0v) is 14.6. The number of fused-ring (bicyclic) bond motifs is 3. The first-order valence-electron chi connectivity index (χ1n) is 8.38. The molecular formula is C19H19N5O2. The van der Waals surface area contributed by atoms with Crippen molar-refractivity contribution in [2.75, 3.05) is 15.2 Å². The van der Waals surface area contributed by atoms with Gasteiger partial charge in [0.2, 0.25) is 11.9 Å². The molecule has 26 heavy (non-hydrogen) atoms. The third kappa shape index (κ3) is 2.62. The second kappa shape index (κ2) is 5.96. The molecule has 2 aliphatic heterocycles. The predicted molar refractivity (Wildman–Crippen MR) is 101 cm³/mol. The van der Waals surface area contributed by atoms with Crippen LogP contribution in [0, 0.1) is 13.8 Å². The highest BCUT2D eigenvalue weighted by Crippen LogP contribution is 2.38. The van der Waals surface area contributed by atoms with Crippen molar-refractivity contribution in [2.24, 2.45) is 10.8 Å². The Hall–Kier alpha value is -3.19. The molecular weight excluding hydrogens is 330 g/mol. The molecule has 0 radical (unpaired) electrons. The topological polar surface area (TPSA) is 91.0 Å². The van der Waals surface area contributed by atoms with Gasteiger partial charge in [0.05, 0.1) is 17.8 Å². The highest BCUT2D eigenvalue weighted by molar-refractivity contribution is 6.23. The summed E-state index contributed by atoms with van der Waals surface area (Å²) in [7, 11) is 0. The Balaban J connectivity index is 1.69. The fourth-order valence-electron chi connectivity index (χ4n) is 3.51. The highest BCUT2D eigenvalue weighted by atomic mass is 16.2. The third-order valence-electron chi connectivity index (χ3n) is 4.53. The van der Waals surface area contributed by atoms with Crippen molar-refractivity contribution in [3.05, 3.63) is 53.6 Å². The summed E-state index contributed by atoms with van der Waals surface area (Å²) in [6, 6.07) is 12.5. The van der Waals surface area contributed by atoms with E-state index in [9.17, 15) is 9.59 Å². The van der Waals surface area contributed by atoms with Crippen LogP contribution in [-0.4, -0.2) is 23.8 Å². The standard InChI is InChI=1S/C19H19N5O2/c1-11-7-12(2)9-13(8-11)21-18(26)16-10-17(25)22-19-23(16)14-5-3-4-6-15(14)24(19)20/h3-9,16H,10,20H2,1-2H3,(H,21,26). The van der Waals surface area contributed by atoms with Gasteiger partial charge in [-0.05, 0) is 49.2 Å². The van der Waals surface area contributed by atoms with Crippen LogP contribution in [0.2, 0.25) is 0 Å². The van der Waals surface area contributed by atoms with E-state index in [4.69, 9.17) is 5.84 Å². The molecule has 7 nitrogen and oxygen atoms in total. The van der Waals surface area contributed by atoms with Crippen LogP contribution in [0.3, 0.4) is 0 Å². The van der Waals surface area contributed by atoms with Gasteiger partial charge in [0.25, 0.3) is 5.91 Å². The Morgan fingerprint density at radius 2 is 1.81 bits per heavy atom. The minimum atomic E-state index is -0.703. The maximum atomic E-state index is 13.0. The van der Waals surface area contributed by atoms with E-state index in [2.05, 4.69) is 10.3 Å². The van der Waals surface area contributed by atoms with Crippen LogP contribution in [0.25, 0.3) is 0 Å². The van der Waals surface area contributed by atoms with Crippen molar-refractivity contribution in [3.63, 3.8) is 0 Å². The van der Waals surface area contributed by atoms with Crippen molar-refractivity contribution in [2.45, 2.75) is 26.3 Å². The summed E-state index contributed by atoms with van der Waals surface area (Å²) in [6.07, 6.45) is 0.00229. The van der Waals surface area contributed by atoms with E-state index < -0.39 is 6.04 Å². The number of carbonyl (C=O) groups is 2. The molecule has 0 saturated carbocycles. The van der Waals surface area contributed by atoms with Crippen LogP contribution in [0.4, 0.5) is 17.1 Å². The maximum Gasteiger partial charge on any atom is 0.251 e. The van der Waals surface area contributed by atoms with Crippen LogP contribution in [-0.2, 0) is 9.59 Å². The lowest BCUT2D eigenvalue weighted by atomic mass is 10.1. The quantitative estimate of drug-likeness (QED) is 0.810. The molecule has 2 aromatic carbocycles. The summed E-state index contributed by atoms with van der Waals surface area (Å²) in [4.78, 5) is 30.8. The zero-order chi connectivity index (χ0) is 18.4. The molecule has 132 valence electrons. The number of carbonyl (C=O) groups excluding carboxylic acids is 2. The van der Waals surface area contributed by atoms with Crippen molar-refractivity contribution in [3.8, 4) is 0 Å². The third-order valence-corrected chi connectivity index (χ3v) is 4.53. The second-order valence-electron chi connectivity index (χ2n) is 6.62. The number of anilines is 3. The van der Waals surface area contributed by atoms with Gasteiger partial charge in [-0.1, -0.05) is 18.2 Å². The molecule has 3 N–H and O–H groups in total. The molecule has 0 aromatic heterocycles. The summed E-state index contributed by atoms with van der Waals surface area (Å²) in [6.45, 7) is 3.95. The Morgan fingerprint density at radius 1 is 1.15 bits per heavy atom. The fourth-order valence-corrected chi connectivity index (χ4v) is 3.51. The van der Waals surface area contributed by atoms with Crippen molar-refractivity contribution in [1.82, 2.24) is 0 Å². The van der Waals surface area contributed by atoms with Crippen molar-refractivity contribution in [1.29, 1.82) is 0 Å². The Bertz CT molecular complexity index is 932. The molecule has 4 rings (SSSR count). The van der Waals surface area contributed by atoms with E-state index in [1.165, 1.54) is 5.01 Å². The highest BCUT2D eigenvalue weighted by Gasteiger charge is 2.43. The number of nitrogens with two attached hydrogens (primary N) is 1. The number of nitrogens with one attached hydrogen (secondary N) is 1. The van der Waals surface area contributed by atoms with Crippen molar-refractivity contribution >= 4 is 34.8 Å². The molecule has 0 saturated heterocycles. The van der Waals surface area contributed by atoms with E-state index in [1.807, 2.05) is 56.3 Å². The van der Waals surface area contributed by atoms with Gasteiger partial charge < -0.3 is 5.32 Å². The van der Waals surface area contributed by atoms with Gasteiger partial charge in [-0.3, -0.25) is 14.5 Å². The van der Waals surface area contributed by atoms with Crippen LogP contribution in [0.1, 0.15) is 17.5 Å². The number of para-hydroxylation sites is 2. The SMILES string of the molecule is Cc1cc(C)cc(NC(=O)C2CC(=O)N=C3N(N)c4ccccc4N32)c1. The zero-order valence-electron chi connectivity index (χ0n) is 14.6. The van der Waals surface area contributed by atoms with Crippen molar-refractivity contribution < 1.29 is 9.59 Å². The lowest BCUT2D eigenvalue weighted by Gasteiger charge is -2.31. The van der Waals surface area contributed by atoms with Crippen LogP contribution < -0.4 is 21.1 Å². The van der Waals surface area contributed by atoms with E-state index in [1.54, 1.807) is 4.90 Å². The number of aryl methyl sites for hydroxylation is 2.